The minimum Gasteiger partial charge on any atom is -1.00 e. The van der Waals surface area contributed by atoms with Crippen molar-refractivity contribution in [1.82, 2.24) is 0 Å². The first-order valence-corrected chi connectivity index (χ1v) is 11.5. The molecule has 3 heteroatoms. The molecule has 4 aromatic rings. The lowest BCUT2D eigenvalue weighted by molar-refractivity contribution is -0.00000570. The molecule has 29 heavy (non-hydrogen) atoms. The van der Waals surface area contributed by atoms with Gasteiger partial charge in [0.25, 0.3) is 0 Å². The third-order valence-corrected chi connectivity index (χ3v) is 9.10. The van der Waals surface area contributed by atoms with E-state index >= 15 is 0 Å². The maximum Gasteiger partial charge on any atom is 0.171 e. The van der Waals surface area contributed by atoms with Crippen LogP contribution in [0.25, 0.3) is 0 Å². The van der Waals surface area contributed by atoms with Gasteiger partial charge in [-0.3, -0.25) is 0 Å². The number of halogens is 1. The Morgan fingerprint density at radius 3 is 1.21 bits per heavy atom. The summed E-state index contributed by atoms with van der Waals surface area (Å²) in [7, 11) is -1.91. The summed E-state index contributed by atoms with van der Waals surface area (Å²) in [5.41, 5.74) is 1.20. The molecule has 4 aromatic carbocycles. The van der Waals surface area contributed by atoms with Crippen molar-refractivity contribution in [3.63, 3.8) is 0 Å². The summed E-state index contributed by atoms with van der Waals surface area (Å²) in [4.78, 5) is 0. The van der Waals surface area contributed by atoms with Crippen molar-refractivity contribution in [2.75, 3.05) is 6.35 Å². The number of rotatable bonds is 7. The number of hydrogen-bond donors (Lipinski definition) is 0. The number of hydrogen-bond acceptors (Lipinski definition) is 1. The van der Waals surface area contributed by atoms with Gasteiger partial charge in [0.2, 0.25) is 0 Å². The molecule has 0 saturated carbocycles. The highest BCUT2D eigenvalue weighted by atomic mass is 35.5. The van der Waals surface area contributed by atoms with Crippen molar-refractivity contribution in [1.29, 1.82) is 0 Å². The normalized spacial score (nSPS) is 10.9. The molecule has 0 aliphatic heterocycles. The lowest BCUT2D eigenvalue weighted by Gasteiger charge is -2.27. The van der Waals surface area contributed by atoms with Gasteiger partial charge in [0.05, 0.1) is 6.61 Å². The van der Waals surface area contributed by atoms with Gasteiger partial charge in [-0.1, -0.05) is 84.9 Å². The van der Waals surface area contributed by atoms with Crippen LogP contribution < -0.4 is 28.3 Å². The Balaban J connectivity index is 0.00000240. The van der Waals surface area contributed by atoms with Crippen LogP contribution in [0.4, 0.5) is 0 Å². The highest BCUT2D eigenvalue weighted by molar-refractivity contribution is 7.95. The first-order valence-electron chi connectivity index (χ1n) is 9.56. The van der Waals surface area contributed by atoms with Crippen LogP contribution in [0.3, 0.4) is 0 Å². The molecule has 4 rings (SSSR count). The molecule has 0 atom stereocenters. The average molecular weight is 419 g/mol. The van der Waals surface area contributed by atoms with Gasteiger partial charge >= 0.3 is 0 Å². The molecule has 1 nitrogen and oxygen atoms in total. The summed E-state index contributed by atoms with van der Waals surface area (Å²) in [6.45, 7) is 0.620. The number of ether oxygens (including phenoxy) is 1. The molecule has 0 N–H and O–H groups in total. The van der Waals surface area contributed by atoms with Crippen LogP contribution in [-0.2, 0) is 11.3 Å². The molecule has 0 heterocycles. The van der Waals surface area contributed by atoms with E-state index < -0.39 is 7.26 Å². The average Bonchev–Trinajstić information content (AvgIpc) is 2.79. The minimum atomic E-state index is -1.91. The summed E-state index contributed by atoms with van der Waals surface area (Å²) in [6, 6.07) is 42.9. The molecular weight excluding hydrogens is 395 g/mol. The van der Waals surface area contributed by atoms with E-state index in [0.29, 0.717) is 13.0 Å². The SMILES string of the molecule is [Cl-].c1ccc(COC[P+](c2ccccc2)(c2ccccc2)c2ccccc2)cc1. The van der Waals surface area contributed by atoms with Crippen molar-refractivity contribution in [2.24, 2.45) is 0 Å². The molecule has 0 unspecified atom stereocenters. The molecule has 146 valence electrons. The topological polar surface area (TPSA) is 9.23 Å². The molecule has 0 aromatic heterocycles. The van der Waals surface area contributed by atoms with Crippen LogP contribution in [0.15, 0.2) is 121 Å². The van der Waals surface area contributed by atoms with Crippen molar-refractivity contribution in [3.05, 3.63) is 127 Å². The van der Waals surface area contributed by atoms with E-state index in [1.165, 1.54) is 21.5 Å². The van der Waals surface area contributed by atoms with Gasteiger partial charge in [-0.05, 0) is 42.0 Å². The molecule has 0 bridgehead atoms. The molecule has 0 aliphatic carbocycles. The number of benzene rings is 4. The van der Waals surface area contributed by atoms with Gasteiger partial charge in [-0.25, -0.2) is 0 Å². The second-order valence-corrected chi connectivity index (χ2v) is 10.2. The third kappa shape index (κ3) is 4.77. The Kier molecular flexibility index (Phi) is 7.61. The zero-order valence-electron chi connectivity index (χ0n) is 16.2. The Hall–Kier alpha value is -2.44. The third-order valence-electron chi connectivity index (χ3n) is 4.99. The van der Waals surface area contributed by atoms with E-state index in [0.717, 1.165) is 0 Å². The van der Waals surface area contributed by atoms with Crippen LogP contribution in [0.1, 0.15) is 5.56 Å². The van der Waals surface area contributed by atoms with Gasteiger partial charge < -0.3 is 17.1 Å². The quantitative estimate of drug-likeness (QED) is 0.418. The van der Waals surface area contributed by atoms with Crippen LogP contribution in [0, 0.1) is 0 Å². The fourth-order valence-electron chi connectivity index (χ4n) is 3.59. The smallest absolute Gasteiger partial charge is 0.171 e. The highest BCUT2D eigenvalue weighted by Gasteiger charge is 2.45. The lowest BCUT2D eigenvalue weighted by atomic mass is 10.2. The van der Waals surface area contributed by atoms with Crippen molar-refractivity contribution in [3.8, 4) is 0 Å². The predicted molar refractivity (Wildman–Crippen MR) is 121 cm³/mol. The fraction of sp³-hybridized carbons (Fsp3) is 0.0769. The molecule has 0 spiro atoms. The van der Waals surface area contributed by atoms with Gasteiger partial charge in [0.15, 0.2) is 6.35 Å². The summed E-state index contributed by atoms with van der Waals surface area (Å²) in [5, 5.41) is 4.04. The molecule has 0 fully saturated rings. The molecule has 0 radical (unpaired) electrons. The van der Waals surface area contributed by atoms with E-state index in [1.807, 2.05) is 6.07 Å². The zero-order chi connectivity index (χ0) is 19.1. The van der Waals surface area contributed by atoms with E-state index in [-0.39, 0.29) is 12.4 Å². The molecular formula is C26H24ClOP. The van der Waals surface area contributed by atoms with Crippen LogP contribution in [0.2, 0.25) is 0 Å². The lowest BCUT2D eigenvalue weighted by Crippen LogP contribution is -3.00. The molecule has 0 aliphatic rings. The second-order valence-electron chi connectivity index (χ2n) is 6.78. The van der Waals surface area contributed by atoms with Crippen LogP contribution >= 0.6 is 7.26 Å². The predicted octanol–water partition coefficient (Wildman–Crippen LogP) is 2.16. The maximum absolute atomic E-state index is 6.40. The summed E-state index contributed by atoms with van der Waals surface area (Å²) in [5.74, 6) is 0. The Morgan fingerprint density at radius 1 is 0.483 bits per heavy atom. The van der Waals surface area contributed by atoms with E-state index in [4.69, 9.17) is 4.74 Å². The van der Waals surface area contributed by atoms with E-state index in [9.17, 15) is 0 Å². The monoisotopic (exact) mass is 418 g/mol. The van der Waals surface area contributed by atoms with Crippen LogP contribution in [-0.4, -0.2) is 6.35 Å². The first kappa shape index (κ1) is 21.3. The fourth-order valence-corrected chi connectivity index (χ4v) is 7.34. The summed E-state index contributed by atoms with van der Waals surface area (Å²) >= 11 is 0. The van der Waals surface area contributed by atoms with Crippen LogP contribution in [0.5, 0.6) is 0 Å². The Labute approximate surface area is 180 Å². The van der Waals surface area contributed by atoms with Gasteiger partial charge in [-0.15, -0.1) is 0 Å². The van der Waals surface area contributed by atoms with Crippen molar-refractivity contribution in [2.45, 2.75) is 6.61 Å². The largest absolute Gasteiger partial charge is 1.00 e. The minimum absolute atomic E-state index is 0. The van der Waals surface area contributed by atoms with E-state index in [2.05, 4.69) is 115 Å². The Morgan fingerprint density at radius 2 is 0.828 bits per heavy atom. The van der Waals surface area contributed by atoms with E-state index in [1.54, 1.807) is 0 Å². The Bertz CT molecular complexity index is 879. The van der Waals surface area contributed by atoms with Gasteiger partial charge in [0, 0.05) is 0 Å². The highest BCUT2D eigenvalue weighted by Crippen LogP contribution is 2.55. The standard InChI is InChI=1S/C26H24OP.ClH/c1-5-13-23(14-6-1)21-27-22-28(24-15-7-2-8-16-24,25-17-9-3-10-18-25)26-19-11-4-12-20-26;/h1-20H,21-22H2;1H/q+1;/p-1. The molecule has 0 amide bonds. The zero-order valence-corrected chi connectivity index (χ0v) is 17.8. The summed E-state index contributed by atoms with van der Waals surface area (Å²) in [6.07, 6.45) is 0.680. The first-order chi connectivity index (χ1) is 13.9. The molecule has 0 saturated heterocycles. The van der Waals surface area contributed by atoms with Gasteiger partial charge in [-0.2, -0.15) is 0 Å². The maximum atomic E-state index is 6.40. The second kappa shape index (κ2) is 10.4. The van der Waals surface area contributed by atoms with Gasteiger partial charge in [0.1, 0.15) is 23.2 Å². The van der Waals surface area contributed by atoms with Crippen molar-refractivity contribution >= 4 is 23.2 Å². The summed E-state index contributed by atoms with van der Waals surface area (Å²) < 4.78 is 6.40. The van der Waals surface area contributed by atoms with Crippen molar-refractivity contribution < 1.29 is 17.1 Å².